The number of carbonyl (C=O) groups is 1. The average Bonchev–Trinajstić information content (AvgIpc) is 2.92. The molecule has 1 aromatic heterocycles. The van der Waals surface area contributed by atoms with Gasteiger partial charge in [-0.2, -0.15) is 0 Å². The van der Waals surface area contributed by atoms with Crippen molar-refractivity contribution >= 4 is 11.7 Å². The Morgan fingerprint density at radius 1 is 1.32 bits per heavy atom. The molecule has 1 N–H and O–H groups in total. The van der Waals surface area contributed by atoms with Gasteiger partial charge in [0.25, 0.3) is 5.91 Å². The largest absolute Gasteiger partial charge is 0.355 e. The first kappa shape index (κ1) is 13.7. The first-order chi connectivity index (χ1) is 9.16. The van der Waals surface area contributed by atoms with Gasteiger partial charge in [-0.15, -0.1) is 0 Å². The standard InChI is InChI=1S/C13H21N5O/c1-17(2)8-5-14-13(19)11-9-16-12(10-15-11)18-6-3-4-7-18/h9-10H,3-8H2,1-2H3,(H,14,19). The highest BCUT2D eigenvalue weighted by atomic mass is 16.1. The van der Waals surface area contributed by atoms with Crippen molar-refractivity contribution in [2.45, 2.75) is 12.8 Å². The second kappa shape index (κ2) is 6.47. The van der Waals surface area contributed by atoms with Gasteiger partial charge in [0, 0.05) is 26.2 Å². The number of rotatable bonds is 5. The second-order valence-electron chi connectivity index (χ2n) is 5.01. The average molecular weight is 263 g/mol. The smallest absolute Gasteiger partial charge is 0.271 e. The van der Waals surface area contributed by atoms with Gasteiger partial charge in [0.1, 0.15) is 11.5 Å². The third kappa shape index (κ3) is 3.89. The van der Waals surface area contributed by atoms with Crippen LogP contribution < -0.4 is 10.2 Å². The Hall–Kier alpha value is -1.69. The molecule has 1 aliphatic heterocycles. The molecule has 0 bridgehead atoms. The Kier molecular flexibility index (Phi) is 4.68. The molecule has 6 nitrogen and oxygen atoms in total. The van der Waals surface area contributed by atoms with E-state index in [0.29, 0.717) is 12.2 Å². The van der Waals surface area contributed by atoms with Gasteiger partial charge in [-0.1, -0.05) is 0 Å². The molecule has 0 atom stereocenters. The number of hydrogen-bond donors (Lipinski definition) is 1. The molecule has 0 aromatic carbocycles. The van der Waals surface area contributed by atoms with E-state index in [1.165, 1.54) is 12.8 Å². The molecular weight excluding hydrogens is 242 g/mol. The molecule has 1 aromatic rings. The first-order valence-electron chi connectivity index (χ1n) is 6.67. The molecule has 2 rings (SSSR count). The number of carbonyl (C=O) groups excluding carboxylic acids is 1. The van der Waals surface area contributed by atoms with Crippen LogP contribution in [0.1, 0.15) is 23.3 Å². The van der Waals surface area contributed by atoms with Crippen molar-refractivity contribution in [3.8, 4) is 0 Å². The maximum atomic E-state index is 11.8. The number of aromatic nitrogens is 2. The van der Waals surface area contributed by atoms with E-state index in [4.69, 9.17) is 0 Å². The molecule has 6 heteroatoms. The predicted octanol–water partition coefficient (Wildman–Crippen LogP) is 0.368. The van der Waals surface area contributed by atoms with Gasteiger partial charge in [-0.05, 0) is 26.9 Å². The van der Waals surface area contributed by atoms with Gasteiger partial charge in [-0.25, -0.2) is 9.97 Å². The number of anilines is 1. The summed E-state index contributed by atoms with van der Waals surface area (Å²) in [5.41, 5.74) is 0.377. The zero-order chi connectivity index (χ0) is 13.7. The van der Waals surface area contributed by atoms with Crippen LogP contribution in [0.25, 0.3) is 0 Å². The lowest BCUT2D eigenvalue weighted by molar-refractivity contribution is 0.0945. The van der Waals surface area contributed by atoms with Crippen molar-refractivity contribution < 1.29 is 4.79 Å². The highest BCUT2D eigenvalue weighted by Crippen LogP contribution is 2.16. The Morgan fingerprint density at radius 2 is 2.05 bits per heavy atom. The van der Waals surface area contributed by atoms with Gasteiger partial charge in [0.05, 0.1) is 12.4 Å². The highest BCUT2D eigenvalue weighted by molar-refractivity contribution is 5.91. The van der Waals surface area contributed by atoms with E-state index in [1.54, 1.807) is 12.4 Å². The molecule has 2 heterocycles. The van der Waals surface area contributed by atoms with Crippen molar-refractivity contribution in [3.63, 3.8) is 0 Å². The SMILES string of the molecule is CN(C)CCNC(=O)c1cnc(N2CCCC2)cn1. The van der Waals surface area contributed by atoms with E-state index in [0.717, 1.165) is 25.5 Å². The molecular formula is C13H21N5O. The fraction of sp³-hybridized carbons (Fsp3) is 0.615. The minimum Gasteiger partial charge on any atom is -0.355 e. The number of nitrogens with one attached hydrogen (secondary N) is 1. The van der Waals surface area contributed by atoms with Crippen LogP contribution in [0.15, 0.2) is 12.4 Å². The fourth-order valence-corrected chi connectivity index (χ4v) is 2.03. The summed E-state index contributed by atoms with van der Waals surface area (Å²) >= 11 is 0. The third-order valence-electron chi connectivity index (χ3n) is 3.15. The second-order valence-corrected chi connectivity index (χ2v) is 5.01. The summed E-state index contributed by atoms with van der Waals surface area (Å²) in [4.78, 5) is 24.5. The van der Waals surface area contributed by atoms with Gasteiger partial charge in [0.15, 0.2) is 0 Å². The molecule has 1 aliphatic rings. The van der Waals surface area contributed by atoms with E-state index in [9.17, 15) is 4.79 Å². The van der Waals surface area contributed by atoms with Gasteiger partial charge >= 0.3 is 0 Å². The molecule has 0 saturated carbocycles. The third-order valence-corrected chi connectivity index (χ3v) is 3.15. The molecule has 0 aliphatic carbocycles. The van der Waals surface area contributed by atoms with Crippen LogP contribution in [0.5, 0.6) is 0 Å². The van der Waals surface area contributed by atoms with Crippen LogP contribution in [0, 0.1) is 0 Å². The summed E-state index contributed by atoms with van der Waals surface area (Å²) in [6.07, 6.45) is 5.65. The Labute approximate surface area is 113 Å². The summed E-state index contributed by atoms with van der Waals surface area (Å²) in [6, 6.07) is 0. The molecule has 0 unspecified atom stereocenters. The van der Waals surface area contributed by atoms with Crippen LogP contribution >= 0.6 is 0 Å². The summed E-state index contributed by atoms with van der Waals surface area (Å²) in [7, 11) is 3.94. The lowest BCUT2D eigenvalue weighted by atomic mass is 10.4. The predicted molar refractivity (Wildman–Crippen MR) is 74.4 cm³/mol. The van der Waals surface area contributed by atoms with Crippen molar-refractivity contribution in [1.82, 2.24) is 20.2 Å². The summed E-state index contributed by atoms with van der Waals surface area (Å²) in [5, 5.41) is 2.82. The quantitative estimate of drug-likeness (QED) is 0.831. The van der Waals surface area contributed by atoms with Gasteiger partial charge in [-0.3, -0.25) is 4.79 Å². The van der Waals surface area contributed by atoms with E-state index >= 15 is 0 Å². The maximum absolute atomic E-state index is 11.8. The Bertz CT molecular complexity index is 412. The zero-order valence-electron chi connectivity index (χ0n) is 11.6. The molecule has 19 heavy (non-hydrogen) atoms. The van der Waals surface area contributed by atoms with Gasteiger partial charge in [0.2, 0.25) is 0 Å². The fourth-order valence-electron chi connectivity index (χ4n) is 2.03. The number of amides is 1. The molecule has 1 amide bonds. The topological polar surface area (TPSA) is 61.4 Å². The van der Waals surface area contributed by atoms with E-state index in [-0.39, 0.29) is 5.91 Å². The van der Waals surface area contributed by atoms with Crippen LogP contribution in [0.3, 0.4) is 0 Å². The van der Waals surface area contributed by atoms with Crippen LogP contribution in [0.2, 0.25) is 0 Å². The highest BCUT2D eigenvalue weighted by Gasteiger charge is 2.14. The van der Waals surface area contributed by atoms with Crippen molar-refractivity contribution in [1.29, 1.82) is 0 Å². The van der Waals surface area contributed by atoms with Crippen LogP contribution in [0.4, 0.5) is 5.82 Å². The van der Waals surface area contributed by atoms with E-state index in [1.807, 2.05) is 19.0 Å². The normalized spacial score (nSPS) is 15.0. The first-order valence-corrected chi connectivity index (χ1v) is 6.67. The number of nitrogens with zero attached hydrogens (tertiary/aromatic N) is 4. The maximum Gasteiger partial charge on any atom is 0.271 e. The lowest BCUT2D eigenvalue weighted by Gasteiger charge is -2.15. The van der Waals surface area contributed by atoms with Crippen molar-refractivity contribution in [2.75, 3.05) is 45.2 Å². The summed E-state index contributed by atoms with van der Waals surface area (Å²) in [6.45, 7) is 3.48. The Balaban J connectivity index is 1.88. The monoisotopic (exact) mass is 263 g/mol. The van der Waals surface area contributed by atoms with E-state index < -0.39 is 0 Å². The lowest BCUT2D eigenvalue weighted by Crippen LogP contribution is -2.32. The minimum absolute atomic E-state index is 0.165. The van der Waals surface area contributed by atoms with Crippen LogP contribution in [-0.2, 0) is 0 Å². The molecule has 1 fully saturated rings. The molecule has 104 valence electrons. The number of hydrogen-bond acceptors (Lipinski definition) is 5. The molecule has 1 saturated heterocycles. The van der Waals surface area contributed by atoms with Crippen LogP contribution in [-0.4, -0.2) is 61.0 Å². The molecule has 0 radical (unpaired) electrons. The van der Waals surface area contributed by atoms with Crippen molar-refractivity contribution in [3.05, 3.63) is 18.1 Å². The van der Waals surface area contributed by atoms with Crippen molar-refractivity contribution in [2.24, 2.45) is 0 Å². The summed E-state index contributed by atoms with van der Waals surface area (Å²) < 4.78 is 0. The minimum atomic E-state index is -0.165. The van der Waals surface area contributed by atoms with Gasteiger partial charge < -0.3 is 15.1 Å². The Morgan fingerprint density at radius 3 is 2.63 bits per heavy atom. The number of likely N-dealkylation sites (N-methyl/N-ethyl adjacent to an activating group) is 1. The summed E-state index contributed by atoms with van der Waals surface area (Å²) in [5.74, 6) is 0.699. The molecule has 0 spiro atoms. The zero-order valence-corrected chi connectivity index (χ0v) is 11.6. The van der Waals surface area contributed by atoms with E-state index in [2.05, 4.69) is 20.2 Å².